The van der Waals surface area contributed by atoms with E-state index in [4.69, 9.17) is 9.84 Å². The van der Waals surface area contributed by atoms with Gasteiger partial charge >= 0.3 is 12.1 Å². The lowest BCUT2D eigenvalue weighted by atomic mass is 9.94. The second-order valence-electron chi connectivity index (χ2n) is 8.85. The molecule has 32 heavy (non-hydrogen) atoms. The van der Waals surface area contributed by atoms with Crippen LogP contribution in [0.1, 0.15) is 59.5 Å². The summed E-state index contributed by atoms with van der Waals surface area (Å²) in [6.07, 6.45) is 0.440. The highest BCUT2D eigenvalue weighted by atomic mass is 19.4. The Kier molecular flexibility index (Phi) is 6.42. The van der Waals surface area contributed by atoms with Crippen LogP contribution in [0.5, 0.6) is 5.75 Å². The van der Waals surface area contributed by atoms with Crippen molar-refractivity contribution >= 4 is 5.97 Å². The molecule has 1 saturated heterocycles. The van der Waals surface area contributed by atoms with E-state index in [9.17, 15) is 18.0 Å². The number of nitrogens with zero attached hydrogens (tertiary/aromatic N) is 2. The first-order valence-corrected chi connectivity index (χ1v) is 10.9. The Morgan fingerprint density at radius 1 is 1.22 bits per heavy atom. The number of hydrogen-bond acceptors (Lipinski definition) is 4. The zero-order valence-corrected chi connectivity index (χ0v) is 18.0. The molecule has 8 heteroatoms. The number of aliphatic carboxylic acids is 1. The van der Waals surface area contributed by atoms with Crippen LogP contribution in [0.4, 0.5) is 13.2 Å². The van der Waals surface area contributed by atoms with Crippen molar-refractivity contribution in [3.8, 4) is 5.75 Å². The predicted octanol–water partition coefficient (Wildman–Crippen LogP) is 5.16. The standard InChI is InChI=1S/C24H27F3N2O3/c1-15-8-20(7-6-17(15)11-29-12-18(13-29)23(30)31)32-14-19-9-22(24(25,26)27)21(10-28-19)16-4-2-3-5-16/h6-10,16,18H,2-5,11-14H2,1H3,(H,30,31). The minimum absolute atomic E-state index is 0.0424. The maximum Gasteiger partial charge on any atom is 0.416 e. The van der Waals surface area contributed by atoms with Gasteiger partial charge in [-0.05, 0) is 60.6 Å². The minimum Gasteiger partial charge on any atom is -0.487 e. The van der Waals surface area contributed by atoms with Crippen LogP contribution >= 0.6 is 0 Å². The molecule has 0 spiro atoms. The van der Waals surface area contributed by atoms with Gasteiger partial charge in [-0.3, -0.25) is 14.7 Å². The number of carbonyl (C=O) groups is 1. The third kappa shape index (κ3) is 5.06. The van der Waals surface area contributed by atoms with Crippen LogP contribution in [0.3, 0.4) is 0 Å². The average molecular weight is 448 g/mol. The number of aryl methyl sites for hydroxylation is 1. The van der Waals surface area contributed by atoms with Gasteiger partial charge in [-0.25, -0.2) is 0 Å². The van der Waals surface area contributed by atoms with Gasteiger partial charge in [0.1, 0.15) is 12.4 Å². The highest BCUT2D eigenvalue weighted by molar-refractivity contribution is 5.71. The van der Waals surface area contributed by atoms with E-state index in [2.05, 4.69) is 9.88 Å². The number of alkyl halides is 3. The highest BCUT2D eigenvalue weighted by Crippen LogP contribution is 2.41. The fourth-order valence-electron chi connectivity index (χ4n) is 4.58. The van der Waals surface area contributed by atoms with Gasteiger partial charge < -0.3 is 9.84 Å². The quantitative estimate of drug-likeness (QED) is 0.634. The van der Waals surface area contributed by atoms with Gasteiger partial charge in [-0.2, -0.15) is 13.2 Å². The molecule has 0 amide bonds. The summed E-state index contributed by atoms with van der Waals surface area (Å²) in [5, 5.41) is 8.98. The SMILES string of the molecule is Cc1cc(OCc2cc(C(F)(F)F)c(C3CCCC3)cn2)ccc1CN1CC(C(=O)O)C1. The summed E-state index contributed by atoms with van der Waals surface area (Å²) >= 11 is 0. The Labute approximate surface area is 185 Å². The van der Waals surface area contributed by atoms with Gasteiger partial charge in [0.25, 0.3) is 0 Å². The van der Waals surface area contributed by atoms with E-state index in [1.165, 1.54) is 6.20 Å². The highest BCUT2D eigenvalue weighted by Gasteiger charge is 2.36. The number of pyridine rings is 1. The number of rotatable bonds is 7. The maximum absolute atomic E-state index is 13.6. The van der Waals surface area contributed by atoms with Crippen molar-refractivity contribution in [2.75, 3.05) is 13.1 Å². The van der Waals surface area contributed by atoms with E-state index in [0.29, 0.717) is 30.9 Å². The topological polar surface area (TPSA) is 62.7 Å². The van der Waals surface area contributed by atoms with E-state index in [1.807, 2.05) is 19.1 Å². The number of carboxylic acids is 1. The lowest BCUT2D eigenvalue weighted by Crippen LogP contribution is -2.49. The molecule has 0 atom stereocenters. The molecule has 1 aromatic carbocycles. The molecule has 2 aromatic rings. The summed E-state index contributed by atoms with van der Waals surface area (Å²) in [5.41, 5.74) is 2.01. The van der Waals surface area contributed by atoms with E-state index < -0.39 is 17.7 Å². The van der Waals surface area contributed by atoms with E-state index in [0.717, 1.165) is 42.9 Å². The predicted molar refractivity (Wildman–Crippen MR) is 112 cm³/mol. The lowest BCUT2D eigenvalue weighted by Gasteiger charge is -2.36. The molecule has 4 rings (SSSR count). The van der Waals surface area contributed by atoms with Crippen LogP contribution in [0, 0.1) is 12.8 Å². The molecule has 1 aromatic heterocycles. The van der Waals surface area contributed by atoms with Gasteiger partial charge in [0, 0.05) is 25.8 Å². The molecule has 2 fully saturated rings. The average Bonchev–Trinajstić information content (AvgIpc) is 3.23. The van der Waals surface area contributed by atoms with Crippen LogP contribution in [-0.2, 0) is 24.1 Å². The summed E-state index contributed by atoms with van der Waals surface area (Å²) in [5.74, 6) is -0.567. The van der Waals surface area contributed by atoms with E-state index in [1.54, 1.807) is 6.07 Å². The van der Waals surface area contributed by atoms with Crippen LogP contribution in [-0.4, -0.2) is 34.0 Å². The lowest BCUT2D eigenvalue weighted by molar-refractivity contribution is -0.147. The first kappa shape index (κ1) is 22.6. The van der Waals surface area contributed by atoms with Crippen molar-refractivity contribution in [2.24, 2.45) is 5.92 Å². The molecule has 5 nitrogen and oxygen atoms in total. The molecular weight excluding hydrogens is 421 g/mol. The van der Waals surface area contributed by atoms with Gasteiger partial charge in [-0.1, -0.05) is 18.9 Å². The third-order valence-corrected chi connectivity index (χ3v) is 6.49. The number of halogens is 3. The number of likely N-dealkylation sites (tertiary alicyclic amines) is 1. The summed E-state index contributed by atoms with van der Waals surface area (Å²) in [4.78, 5) is 17.2. The first-order chi connectivity index (χ1) is 15.2. The second kappa shape index (κ2) is 9.10. The molecular formula is C24H27F3N2O3. The van der Waals surface area contributed by atoms with Crippen LogP contribution < -0.4 is 4.74 Å². The van der Waals surface area contributed by atoms with Crippen molar-refractivity contribution in [1.82, 2.24) is 9.88 Å². The van der Waals surface area contributed by atoms with Crippen molar-refractivity contribution in [3.63, 3.8) is 0 Å². The van der Waals surface area contributed by atoms with Gasteiger partial charge in [0.05, 0.1) is 17.2 Å². The number of carboxylic acid groups (broad SMARTS) is 1. The molecule has 1 aliphatic carbocycles. The number of hydrogen-bond donors (Lipinski definition) is 1. The zero-order chi connectivity index (χ0) is 22.9. The maximum atomic E-state index is 13.6. The molecule has 172 valence electrons. The Morgan fingerprint density at radius 3 is 2.56 bits per heavy atom. The normalized spacial score (nSPS) is 18.0. The number of ether oxygens (including phenoxy) is 1. The Bertz CT molecular complexity index is 981. The molecule has 1 saturated carbocycles. The summed E-state index contributed by atoms with van der Waals surface area (Å²) in [7, 11) is 0. The molecule has 2 aliphatic rings. The number of aromatic nitrogens is 1. The fourth-order valence-corrected chi connectivity index (χ4v) is 4.58. The Balaban J connectivity index is 1.40. The summed E-state index contributed by atoms with van der Waals surface area (Å²) < 4.78 is 46.7. The second-order valence-corrected chi connectivity index (χ2v) is 8.85. The van der Waals surface area contributed by atoms with E-state index in [-0.39, 0.29) is 24.1 Å². The molecule has 0 bridgehead atoms. The van der Waals surface area contributed by atoms with Crippen LogP contribution in [0.25, 0.3) is 0 Å². The van der Waals surface area contributed by atoms with E-state index >= 15 is 0 Å². The zero-order valence-electron chi connectivity index (χ0n) is 18.0. The van der Waals surface area contributed by atoms with Gasteiger partial charge in [0.2, 0.25) is 0 Å². The van der Waals surface area contributed by atoms with Gasteiger partial charge in [-0.15, -0.1) is 0 Å². The molecule has 1 aliphatic heterocycles. The number of benzene rings is 1. The van der Waals surface area contributed by atoms with Crippen molar-refractivity contribution in [2.45, 2.75) is 57.9 Å². The van der Waals surface area contributed by atoms with Crippen LogP contribution in [0.15, 0.2) is 30.5 Å². The van der Waals surface area contributed by atoms with Crippen LogP contribution in [0.2, 0.25) is 0 Å². The summed E-state index contributed by atoms with van der Waals surface area (Å²) in [6, 6.07) is 6.67. The fraction of sp³-hybridized carbons (Fsp3) is 0.500. The minimum atomic E-state index is -4.41. The molecule has 2 heterocycles. The monoisotopic (exact) mass is 448 g/mol. The largest absolute Gasteiger partial charge is 0.487 e. The Hall–Kier alpha value is -2.61. The molecule has 1 N–H and O–H groups in total. The Morgan fingerprint density at radius 2 is 1.94 bits per heavy atom. The third-order valence-electron chi connectivity index (χ3n) is 6.49. The van der Waals surface area contributed by atoms with Crippen molar-refractivity contribution < 1.29 is 27.8 Å². The molecule has 0 unspecified atom stereocenters. The van der Waals surface area contributed by atoms with Crippen molar-refractivity contribution in [1.29, 1.82) is 0 Å². The van der Waals surface area contributed by atoms with Gasteiger partial charge in [0.15, 0.2) is 0 Å². The smallest absolute Gasteiger partial charge is 0.416 e. The summed E-state index contributed by atoms with van der Waals surface area (Å²) in [6.45, 7) is 3.63. The first-order valence-electron chi connectivity index (χ1n) is 10.9. The molecule has 0 radical (unpaired) electrons. The van der Waals surface area contributed by atoms with Crippen molar-refractivity contribution in [3.05, 3.63) is 58.4 Å².